The molecule has 18 heavy (non-hydrogen) atoms. The number of hydrogen-bond donors (Lipinski definition) is 1. The Morgan fingerprint density at radius 2 is 2.17 bits per heavy atom. The van der Waals surface area contributed by atoms with Gasteiger partial charge >= 0.3 is 0 Å². The molecule has 0 amide bonds. The van der Waals surface area contributed by atoms with Crippen LogP contribution >= 0.6 is 15.9 Å². The maximum atomic E-state index is 12.2. The quantitative estimate of drug-likeness (QED) is 0.907. The Balaban J connectivity index is 2.47. The first-order chi connectivity index (χ1) is 8.29. The molecular formula is C11H17BrN2O3S. The standard InChI is InChI=1S/C11H17BrN2O3S/c1-3-4-8-9(12)10(15)14(13-8)11(2)5-6-18(16,17)7-11/h13H,3-7H2,1-2H3. The van der Waals surface area contributed by atoms with Gasteiger partial charge in [-0.15, -0.1) is 0 Å². The van der Waals surface area contributed by atoms with E-state index in [4.69, 9.17) is 0 Å². The van der Waals surface area contributed by atoms with E-state index in [0.717, 1.165) is 18.5 Å². The molecule has 1 atom stereocenters. The lowest BCUT2D eigenvalue weighted by Gasteiger charge is -2.22. The van der Waals surface area contributed by atoms with Crippen molar-refractivity contribution in [2.24, 2.45) is 0 Å². The minimum absolute atomic E-state index is 0.0262. The zero-order valence-corrected chi connectivity index (χ0v) is 12.9. The van der Waals surface area contributed by atoms with E-state index in [2.05, 4.69) is 21.0 Å². The molecule has 2 heterocycles. The van der Waals surface area contributed by atoms with E-state index in [1.54, 1.807) is 0 Å². The average molecular weight is 337 g/mol. The third-order valence-electron chi connectivity index (χ3n) is 3.42. The highest BCUT2D eigenvalue weighted by Gasteiger charge is 2.41. The summed E-state index contributed by atoms with van der Waals surface area (Å²) in [5, 5.41) is 3.06. The van der Waals surface area contributed by atoms with Crippen LogP contribution in [0.3, 0.4) is 0 Å². The second-order valence-electron chi connectivity index (χ2n) is 5.13. The van der Waals surface area contributed by atoms with E-state index in [0.29, 0.717) is 10.9 Å². The summed E-state index contributed by atoms with van der Waals surface area (Å²) in [6, 6.07) is 0. The van der Waals surface area contributed by atoms with Gasteiger partial charge in [-0.05, 0) is 35.7 Å². The van der Waals surface area contributed by atoms with E-state index in [-0.39, 0.29) is 17.1 Å². The van der Waals surface area contributed by atoms with Gasteiger partial charge in [0.25, 0.3) is 5.56 Å². The van der Waals surface area contributed by atoms with Crippen LogP contribution in [0.25, 0.3) is 0 Å². The van der Waals surface area contributed by atoms with Crippen LogP contribution in [0.4, 0.5) is 0 Å². The highest BCUT2D eigenvalue weighted by molar-refractivity contribution is 9.10. The highest BCUT2D eigenvalue weighted by atomic mass is 79.9. The summed E-state index contributed by atoms with van der Waals surface area (Å²) in [6.07, 6.45) is 2.17. The zero-order chi connectivity index (χ0) is 13.6. The molecule has 1 aliphatic rings. The largest absolute Gasteiger partial charge is 0.298 e. The van der Waals surface area contributed by atoms with Gasteiger partial charge in [-0.3, -0.25) is 9.89 Å². The number of nitrogens with zero attached hydrogens (tertiary/aromatic N) is 1. The van der Waals surface area contributed by atoms with E-state index >= 15 is 0 Å². The normalized spacial score (nSPS) is 26.6. The molecule has 1 fully saturated rings. The van der Waals surface area contributed by atoms with Crippen LogP contribution in [-0.2, 0) is 21.8 Å². The van der Waals surface area contributed by atoms with Crippen LogP contribution in [0, 0.1) is 0 Å². The lowest BCUT2D eigenvalue weighted by molar-refractivity contribution is 0.317. The molecule has 0 aliphatic carbocycles. The van der Waals surface area contributed by atoms with Crippen molar-refractivity contribution in [3.05, 3.63) is 20.5 Å². The number of hydrogen-bond acceptors (Lipinski definition) is 3. The van der Waals surface area contributed by atoms with Crippen LogP contribution in [0.5, 0.6) is 0 Å². The molecule has 0 aromatic carbocycles. The summed E-state index contributed by atoms with van der Waals surface area (Å²) in [5.74, 6) is 0.175. The molecule has 1 aliphatic heterocycles. The Morgan fingerprint density at radius 3 is 2.67 bits per heavy atom. The molecule has 1 unspecified atom stereocenters. The first kappa shape index (κ1) is 13.9. The fourth-order valence-electron chi connectivity index (χ4n) is 2.43. The Hall–Kier alpha value is -0.560. The minimum Gasteiger partial charge on any atom is -0.298 e. The summed E-state index contributed by atoms with van der Waals surface area (Å²) in [4.78, 5) is 12.2. The second kappa shape index (κ2) is 4.52. The van der Waals surface area contributed by atoms with Gasteiger partial charge in [0.2, 0.25) is 0 Å². The van der Waals surface area contributed by atoms with Crippen molar-refractivity contribution in [2.75, 3.05) is 11.5 Å². The van der Waals surface area contributed by atoms with Gasteiger partial charge in [0.1, 0.15) is 4.47 Å². The van der Waals surface area contributed by atoms with E-state index in [1.807, 2.05) is 13.8 Å². The molecule has 1 N–H and O–H groups in total. The number of aryl methyl sites for hydroxylation is 1. The number of rotatable bonds is 3. The SMILES string of the molecule is CCCc1[nH]n(C2(C)CCS(=O)(=O)C2)c(=O)c1Br. The number of aromatic nitrogens is 2. The van der Waals surface area contributed by atoms with Gasteiger partial charge in [-0.25, -0.2) is 13.1 Å². The van der Waals surface area contributed by atoms with E-state index < -0.39 is 15.4 Å². The third-order valence-corrected chi connectivity index (χ3v) is 6.13. The Kier molecular flexibility index (Phi) is 3.48. The summed E-state index contributed by atoms with van der Waals surface area (Å²) in [6.45, 7) is 3.85. The number of aromatic amines is 1. The number of halogens is 1. The molecule has 0 radical (unpaired) electrons. The predicted molar refractivity (Wildman–Crippen MR) is 73.7 cm³/mol. The van der Waals surface area contributed by atoms with Gasteiger partial charge in [-0.2, -0.15) is 0 Å². The zero-order valence-electron chi connectivity index (χ0n) is 10.5. The summed E-state index contributed by atoms with van der Waals surface area (Å²) in [5.41, 5.74) is 0.0239. The molecule has 0 saturated carbocycles. The Labute approximate surface area is 115 Å². The van der Waals surface area contributed by atoms with Crippen LogP contribution in [0.2, 0.25) is 0 Å². The van der Waals surface area contributed by atoms with E-state index in [1.165, 1.54) is 4.68 Å². The van der Waals surface area contributed by atoms with Crippen molar-refractivity contribution in [1.82, 2.24) is 9.78 Å². The number of H-pyrrole nitrogens is 1. The van der Waals surface area contributed by atoms with Crippen molar-refractivity contribution >= 4 is 25.8 Å². The molecule has 1 saturated heterocycles. The maximum absolute atomic E-state index is 12.2. The average Bonchev–Trinajstić information content (AvgIpc) is 2.71. The van der Waals surface area contributed by atoms with Gasteiger partial charge in [0.15, 0.2) is 9.84 Å². The van der Waals surface area contributed by atoms with Crippen LogP contribution in [0.1, 0.15) is 32.4 Å². The molecule has 0 spiro atoms. The molecule has 0 bridgehead atoms. The van der Waals surface area contributed by atoms with Crippen LogP contribution in [-0.4, -0.2) is 29.7 Å². The monoisotopic (exact) mass is 336 g/mol. The molecule has 5 nitrogen and oxygen atoms in total. The highest BCUT2D eigenvalue weighted by Crippen LogP contribution is 2.29. The smallest absolute Gasteiger partial charge is 0.281 e. The second-order valence-corrected chi connectivity index (χ2v) is 8.11. The van der Waals surface area contributed by atoms with Crippen molar-refractivity contribution in [3.63, 3.8) is 0 Å². The fourth-order valence-corrected chi connectivity index (χ4v) is 5.01. The maximum Gasteiger partial charge on any atom is 0.281 e. The molecule has 7 heteroatoms. The Bertz CT molecular complexity index is 617. The van der Waals surface area contributed by atoms with Crippen LogP contribution in [0.15, 0.2) is 9.27 Å². The van der Waals surface area contributed by atoms with Crippen molar-refractivity contribution in [2.45, 2.75) is 38.6 Å². The fraction of sp³-hybridized carbons (Fsp3) is 0.727. The van der Waals surface area contributed by atoms with Crippen molar-refractivity contribution < 1.29 is 8.42 Å². The van der Waals surface area contributed by atoms with Crippen molar-refractivity contribution in [3.8, 4) is 0 Å². The van der Waals surface area contributed by atoms with Gasteiger partial charge < -0.3 is 0 Å². The third kappa shape index (κ3) is 2.30. The lowest BCUT2D eigenvalue weighted by Crippen LogP contribution is -2.39. The van der Waals surface area contributed by atoms with Gasteiger partial charge in [0, 0.05) is 0 Å². The van der Waals surface area contributed by atoms with Gasteiger partial charge in [0.05, 0.1) is 22.7 Å². The first-order valence-electron chi connectivity index (χ1n) is 5.99. The molecule has 102 valence electrons. The topological polar surface area (TPSA) is 71.9 Å². The van der Waals surface area contributed by atoms with Gasteiger partial charge in [-0.1, -0.05) is 13.3 Å². The van der Waals surface area contributed by atoms with Crippen molar-refractivity contribution in [1.29, 1.82) is 0 Å². The summed E-state index contributed by atoms with van der Waals surface area (Å²) >= 11 is 3.29. The summed E-state index contributed by atoms with van der Waals surface area (Å²) < 4.78 is 25.2. The molecule has 1 aromatic rings. The molecule has 1 aromatic heterocycles. The number of nitrogens with one attached hydrogen (secondary N) is 1. The van der Waals surface area contributed by atoms with E-state index in [9.17, 15) is 13.2 Å². The predicted octanol–water partition coefficient (Wildman–Crippen LogP) is 1.43. The Morgan fingerprint density at radius 1 is 1.50 bits per heavy atom. The minimum atomic E-state index is -3.03. The first-order valence-corrected chi connectivity index (χ1v) is 8.61. The summed E-state index contributed by atoms with van der Waals surface area (Å²) in [7, 11) is -3.03. The number of sulfone groups is 1. The van der Waals surface area contributed by atoms with Crippen LogP contribution < -0.4 is 5.56 Å². The lowest BCUT2D eigenvalue weighted by atomic mass is 10.0. The molecular weight excluding hydrogens is 320 g/mol. The molecule has 2 rings (SSSR count).